The molecule has 0 bridgehead atoms. The van der Waals surface area contributed by atoms with E-state index in [0.29, 0.717) is 27.8 Å². The molecule has 3 aromatic carbocycles. The summed E-state index contributed by atoms with van der Waals surface area (Å²) in [6.07, 6.45) is 4.85. The van der Waals surface area contributed by atoms with Crippen LogP contribution in [0.2, 0.25) is 0 Å². The summed E-state index contributed by atoms with van der Waals surface area (Å²) in [7, 11) is 0. The number of hydrogen-bond acceptors (Lipinski definition) is 6. The van der Waals surface area contributed by atoms with E-state index in [-0.39, 0.29) is 5.56 Å². The van der Waals surface area contributed by atoms with E-state index in [4.69, 9.17) is 9.84 Å². The van der Waals surface area contributed by atoms with Crippen LogP contribution in [0.15, 0.2) is 83.8 Å². The second kappa shape index (κ2) is 11.1. The van der Waals surface area contributed by atoms with Crippen LogP contribution in [-0.2, 0) is 0 Å². The maximum Gasteiger partial charge on any atom is 0.291 e. The Bertz CT molecular complexity index is 1940. The van der Waals surface area contributed by atoms with E-state index in [2.05, 4.69) is 30.0 Å². The fourth-order valence-electron chi connectivity index (χ4n) is 4.59. The normalized spacial score (nSPS) is 12.1. The van der Waals surface area contributed by atoms with Gasteiger partial charge in [0.15, 0.2) is 5.82 Å². The van der Waals surface area contributed by atoms with Crippen molar-refractivity contribution in [3.8, 4) is 34.1 Å². The Balaban J connectivity index is 1.41. The van der Waals surface area contributed by atoms with Crippen LogP contribution in [0.3, 0.4) is 0 Å². The molecule has 8 heteroatoms. The largest absolute Gasteiger partial charge is 0.493 e. The first kappa shape index (κ1) is 26.7. The summed E-state index contributed by atoms with van der Waals surface area (Å²) < 4.78 is 9.82. The summed E-state index contributed by atoms with van der Waals surface area (Å²) in [6.45, 7) is 9.15. The lowest BCUT2D eigenvalue weighted by atomic mass is 10.0. The number of ether oxygens (including phenoxy) is 1. The first-order valence-electron chi connectivity index (χ1n) is 13.7. The first-order valence-corrected chi connectivity index (χ1v) is 14.5. The van der Waals surface area contributed by atoms with E-state index in [1.54, 1.807) is 0 Å². The van der Waals surface area contributed by atoms with Crippen molar-refractivity contribution in [3.63, 3.8) is 0 Å². The van der Waals surface area contributed by atoms with Gasteiger partial charge in [-0.05, 0) is 68.2 Å². The molecule has 0 aliphatic rings. The van der Waals surface area contributed by atoms with Crippen molar-refractivity contribution in [2.24, 2.45) is 5.92 Å². The Labute approximate surface area is 242 Å². The van der Waals surface area contributed by atoms with Gasteiger partial charge >= 0.3 is 0 Å². The number of nitrogens with zero attached hydrogens (tertiary/aromatic N) is 5. The van der Waals surface area contributed by atoms with Crippen LogP contribution in [-0.4, -0.2) is 31.0 Å². The molecule has 6 aromatic rings. The van der Waals surface area contributed by atoms with Gasteiger partial charge in [-0.2, -0.15) is 14.6 Å². The standard InChI is InChI=1S/C33H31N5O2S/c1-21(2)16-17-40-28-15-14-25(18-23(28)4)30-26(20-37(35-30)27-8-6-5-7-9-27)19-29-32(39)38-33(41-29)34-31(36-38)24-12-10-22(3)11-13-24/h5-15,18-21H,16-17H2,1-4H3. The molecule has 0 radical (unpaired) electrons. The molecule has 206 valence electrons. The summed E-state index contributed by atoms with van der Waals surface area (Å²) in [5, 5.41) is 9.46. The van der Waals surface area contributed by atoms with Gasteiger partial charge in [0.25, 0.3) is 5.56 Å². The van der Waals surface area contributed by atoms with E-state index < -0.39 is 0 Å². The molecule has 0 saturated heterocycles. The highest BCUT2D eigenvalue weighted by Crippen LogP contribution is 2.29. The second-order valence-electron chi connectivity index (χ2n) is 10.6. The van der Waals surface area contributed by atoms with Crippen LogP contribution in [0.4, 0.5) is 0 Å². The van der Waals surface area contributed by atoms with E-state index in [0.717, 1.165) is 51.4 Å². The molecule has 0 unspecified atom stereocenters. The summed E-state index contributed by atoms with van der Waals surface area (Å²) >= 11 is 1.33. The second-order valence-corrected chi connectivity index (χ2v) is 11.6. The van der Waals surface area contributed by atoms with Crippen molar-refractivity contribution in [2.75, 3.05) is 6.61 Å². The Kier molecular flexibility index (Phi) is 7.24. The minimum atomic E-state index is -0.195. The fourth-order valence-corrected chi connectivity index (χ4v) is 5.49. The summed E-state index contributed by atoms with van der Waals surface area (Å²) in [6, 6.07) is 24.0. The Hall–Kier alpha value is -4.56. The molecule has 0 amide bonds. The number of aromatic nitrogens is 5. The maximum atomic E-state index is 13.4. The van der Waals surface area contributed by atoms with E-state index >= 15 is 0 Å². The minimum Gasteiger partial charge on any atom is -0.493 e. The van der Waals surface area contributed by atoms with Gasteiger partial charge in [0, 0.05) is 22.9 Å². The topological polar surface area (TPSA) is 74.3 Å². The third-order valence-corrected chi connectivity index (χ3v) is 7.90. The van der Waals surface area contributed by atoms with Gasteiger partial charge in [0.05, 0.1) is 16.8 Å². The molecule has 0 saturated carbocycles. The highest BCUT2D eigenvalue weighted by molar-refractivity contribution is 7.15. The zero-order chi connectivity index (χ0) is 28.5. The molecule has 0 aliphatic carbocycles. The molecule has 41 heavy (non-hydrogen) atoms. The molecule has 0 fully saturated rings. The third kappa shape index (κ3) is 5.56. The van der Waals surface area contributed by atoms with Crippen LogP contribution >= 0.6 is 11.3 Å². The Morgan fingerprint density at radius 1 is 0.951 bits per heavy atom. The Morgan fingerprint density at radius 3 is 2.41 bits per heavy atom. The molecule has 0 spiro atoms. The monoisotopic (exact) mass is 561 g/mol. The number of rotatable bonds is 8. The predicted molar refractivity (Wildman–Crippen MR) is 165 cm³/mol. The Morgan fingerprint density at radius 2 is 1.71 bits per heavy atom. The number of fused-ring (bicyclic) bond motifs is 1. The van der Waals surface area contributed by atoms with Crippen molar-refractivity contribution < 1.29 is 4.74 Å². The highest BCUT2D eigenvalue weighted by Gasteiger charge is 2.16. The molecule has 3 aromatic heterocycles. The number of hydrogen-bond donors (Lipinski definition) is 0. The SMILES string of the molecule is Cc1ccc(-c2nc3sc(=Cc4cn(-c5ccccc5)nc4-c4ccc(OCCC(C)C)c(C)c4)c(=O)n3n2)cc1. The van der Waals surface area contributed by atoms with Crippen LogP contribution in [0, 0.1) is 19.8 Å². The number of thiazole rings is 1. The molecule has 0 aliphatic heterocycles. The molecule has 6 rings (SSSR count). The summed E-state index contributed by atoms with van der Waals surface area (Å²) in [4.78, 5) is 18.6. The van der Waals surface area contributed by atoms with Gasteiger partial charge < -0.3 is 4.74 Å². The van der Waals surface area contributed by atoms with E-state index in [1.807, 2.05) is 97.5 Å². The fraction of sp³-hybridized carbons (Fsp3) is 0.212. The third-order valence-electron chi connectivity index (χ3n) is 6.94. The van der Waals surface area contributed by atoms with Crippen molar-refractivity contribution in [3.05, 3.63) is 111 Å². The number of aryl methyl sites for hydroxylation is 2. The molecule has 0 atom stereocenters. The van der Waals surface area contributed by atoms with Gasteiger partial charge in [-0.25, -0.2) is 4.68 Å². The minimum absolute atomic E-state index is 0.195. The van der Waals surface area contributed by atoms with Gasteiger partial charge in [-0.1, -0.05) is 73.2 Å². The van der Waals surface area contributed by atoms with Gasteiger partial charge in [0.2, 0.25) is 4.96 Å². The number of benzene rings is 3. The van der Waals surface area contributed by atoms with Crippen LogP contribution in [0.25, 0.3) is 39.4 Å². The van der Waals surface area contributed by atoms with Gasteiger partial charge in [-0.15, -0.1) is 5.10 Å². The number of para-hydroxylation sites is 1. The summed E-state index contributed by atoms with van der Waals surface area (Å²) in [5.74, 6) is 2.01. The molecular formula is C33H31N5O2S. The highest BCUT2D eigenvalue weighted by atomic mass is 32.1. The smallest absolute Gasteiger partial charge is 0.291 e. The lowest BCUT2D eigenvalue weighted by Gasteiger charge is -2.11. The van der Waals surface area contributed by atoms with Crippen LogP contribution < -0.4 is 14.8 Å². The van der Waals surface area contributed by atoms with Crippen LogP contribution in [0.5, 0.6) is 5.75 Å². The van der Waals surface area contributed by atoms with Gasteiger partial charge in [-0.3, -0.25) is 4.79 Å². The molecule has 3 heterocycles. The van der Waals surface area contributed by atoms with Crippen molar-refractivity contribution in [1.29, 1.82) is 0 Å². The first-order chi connectivity index (χ1) is 19.9. The van der Waals surface area contributed by atoms with Crippen molar-refractivity contribution in [1.82, 2.24) is 24.4 Å². The molecule has 0 N–H and O–H groups in total. The quantitative estimate of drug-likeness (QED) is 0.219. The zero-order valence-electron chi connectivity index (χ0n) is 23.5. The maximum absolute atomic E-state index is 13.4. The average Bonchev–Trinajstić information content (AvgIpc) is 3.65. The van der Waals surface area contributed by atoms with Crippen LogP contribution in [0.1, 0.15) is 37.0 Å². The van der Waals surface area contributed by atoms with Crippen molar-refractivity contribution in [2.45, 2.75) is 34.1 Å². The zero-order valence-corrected chi connectivity index (χ0v) is 24.4. The molecule has 7 nitrogen and oxygen atoms in total. The van der Waals surface area contributed by atoms with Gasteiger partial charge in [0.1, 0.15) is 11.4 Å². The van der Waals surface area contributed by atoms with E-state index in [9.17, 15) is 4.79 Å². The van der Waals surface area contributed by atoms with Crippen molar-refractivity contribution >= 4 is 22.4 Å². The predicted octanol–water partition coefficient (Wildman–Crippen LogP) is 6.26. The lowest BCUT2D eigenvalue weighted by Crippen LogP contribution is -2.23. The van der Waals surface area contributed by atoms with E-state index in [1.165, 1.54) is 15.9 Å². The average molecular weight is 562 g/mol. The lowest BCUT2D eigenvalue weighted by molar-refractivity contribution is 0.288. The molecular weight excluding hydrogens is 530 g/mol. The summed E-state index contributed by atoms with van der Waals surface area (Å²) in [5.41, 5.74) is 6.39.